The lowest BCUT2D eigenvalue weighted by Crippen LogP contribution is -2.53. The molecule has 34 heavy (non-hydrogen) atoms. The number of aromatic amines is 1. The molecule has 2 amide bonds. The number of aryl methyl sites for hydroxylation is 1. The molecule has 2 aromatic heterocycles. The third-order valence-corrected chi connectivity index (χ3v) is 5.98. The Kier molecular flexibility index (Phi) is 5.39. The Labute approximate surface area is 191 Å². The van der Waals surface area contributed by atoms with Crippen molar-refractivity contribution in [2.24, 2.45) is 0 Å². The Morgan fingerprint density at radius 3 is 2.97 bits per heavy atom. The molecule has 4 heterocycles. The summed E-state index contributed by atoms with van der Waals surface area (Å²) in [6.45, 7) is 1.00. The molecule has 5 rings (SSSR count). The maximum Gasteiger partial charge on any atom is 0.416 e. The number of benzene rings is 1. The Balaban J connectivity index is 1.31. The van der Waals surface area contributed by atoms with Crippen LogP contribution in [0.25, 0.3) is 11.0 Å². The van der Waals surface area contributed by atoms with Gasteiger partial charge in [0.25, 0.3) is 5.91 Å². The largest absolute Gasteiger partial charge is 0.416 e. The van der Waals surface area contributed by atoms with Gasteiger partial charge in [0, 0.05) is 13.1 Å². The van der Waals surface area contributed by atoms with Crippen LogP contribution in [0.1, 0.15) is 21.6 Å². The van der Waals surface area contributed by atoms with Crippen molar-refractivity contribution in [1.29, 1.82) is 0 Å². The molecule has 9 nitrogen and oxygen atoms in total. The first kappa shape index (κ1) is 22.1. The molecule has 1 saturated heterocycles. The first-order chi connectivity index (χ1) is 16.2. The van der Waals surface area contributed by atoms with Crippen molar-refractivity contribution in [3.63, 3.8) is 0 Å². The maximum absolute atomic E-state index is 13.1. The SMILES string of the molecule is Cc1n[nH]c2cc(Nc3cccc4c3C(=O)N(CC(=O)N3CCO[C@H](C(F)(F)F)C3)C4)cnc12. The van der Waals surface area contributed by atoms with Gasteiger partial charge in [0.05, 0.1) is 47.5 Å². The number of nitrogens with one attached hydrogen (secondary N) is 2. The average molecular weight is 474 g/mol. The van der Waals surface area contributed by atoms with Crippen molar-refractivity contribution < 1.29 is 27.5 Å². The minimum Gasteiger partial charge on any atom is -0.365 e. The molecule has 1 fully saturated rings. The van der Waals surface area contributed by atoms with Crippen molar-refractivity contribution in [2.45, 2.75) is 25.7 Å². The van der Waals surface area contributed by atoms with E-state index in [0.29, 0.717) is 16.9 Å². The third-order valence-electron chi connectivity index (χ3n) is 5.98. The molecule has 2 aliphatic heterocycles. The number of alkyl halides is 3. The van der Waals surface area contributed by atoms with Gasteiger partial charge in [0.2, 0.25) is 5.91 Å². The predicted molar refractivity (Wildman–Crippen MR) is 115 cm³/mol. The zero-order valence-corrected chi connectivity index (χ0v) is 18.1. The summed E-state index contributed by atoms with van der Waals surface area (Å²) in [6, 6.07) is 7.16. The Morgan fingerprint density at radius 2 is 2.18 bits per heavy atom. The molecule has 1 atom stereocenters. The Bertz CT molecular complexity index is 1270. The highest BCUT2D eigenvalue weighted by Crippen LogP contribution is 2.32. The molecule has 2 N–H and O–H groups in total. The van der Waals surface area contributed by atoms with Crippen LogP contribution in [0.2, 0.25) is 0 Å². The number of halogens is 3. The molecule has 2 aliphatic rings. The number of carbonyl (C=O) groups excluding carboxylic acids is 2. The van der Waals surface area contributed by atoms with Crippen LogP contribution < -0.4 is 5.32 Å². The fourth-order valence-electron chi connectivity index (χ4n) is 4.25. The highest BCUT2D eigenvalue weighted by Gasteiger charge is 2.44. The molecule has 178 valence electrons. The van der Waals surface area contributed by atoms with Gasteiger partial charge in [-0.15, -0.1) is 0 Å². The number of H-pyrrole nitrogens is 1. The van der Waals surface area contributed by atoms with Gasteiger partial charge in [0.15, 0.2) is 6.10 Å². The van der Waals surface area contributed by atoms with Crippen LogP contribution in [-0.2, 0) is 16.1 Å². The van der Waals surface area contributed by atoms with E-state index in [0.717, 1.165) is 27.2 Å². The molecule has 0 unspecified atom stereocenters. The molecule has 0 radical (unpaired) electrons. The second kappa shape index (κ2) is 8.28. The first-order valence-corrected chi connectivity index (χ1v) is 10.7. The minimum atomic E-state index is -4.55. The summed E-state index contributed by atoms with van der Waals surface area (Å²) >= 11 is 0. The van der Waals surface area contributed by atoms with E-state index in [1.807, 2.05) is 13.0 Å². The fourth-order valence-corrected chi connectivity index (χ4v) is 4.25. The number of pyridine rings is 1. The quantitative estimate of drug-likeness (QED) is 0.603. The monoisotopic (exact) mass is 474 g/mol. The summed E-state index contributed by atoms with van der Waals surface area (Å²) in [5, 5.41) is 10.2. The molecule has 12 heteroatoms. The Morgan fingerprint density at radius 1 is 1.35 bits per heavy atom. The van der Waals surface area contributed by atoms with Crippen molar-refractivity contribution in [3.05, 3.63) is 47.3 Å². The molecule has 1 aromatic carbocycles. The Hall–Kier alpha value is -3.67. The first-order valence-electron chi connectivity index (χ1n) is 10.7. The van der Waals surface area contributed by atoms with Gasteiger partial charge in [-0.1, -0.05) is 12.1 Å². The van der Waals surface area contributed by atoms with Crippen LogP contribution in [-0.4, -0.2) is 75.3 Å². The van der Waals surface area contributed by atoms with Gasteiger partial charge in [-0.05, 0) is 24.6 Å². The molecule has 0 aliphatic carbocycles. The molecule has 0 spiro atoms. The van der Waals surface area contributed by atoms with Crippen molar-refractivity contribution in [2.75, 3.05) is 31.6 Å². The van der Waals surface area contributed by atoms with Gasteiger partial charge in [-0.2, -0.15) is 18.3 Å². The smallest absolute Gasteiger partial charge is 0.365 e. The van der Waals surface area contributed by atoms with E-state index in [-0.39, 0.29) is 32.1 Å². The van der Waals surface area contributed by atoms with Gasteiger partial charge < -0.3 is 19.9 Å². The number of carbonyl (C=O) groups is 2. The predicted octanol–water partition coefficient (Wildman–Crippen LogP) is 2.76. The van der Waals surface area contributed by atoms with Gasteiger partial charge in [-0.3, -0.25) is 19.7 Å². The summed E-state index contributed by atoms with van der Waals surface area (Å²) in [5.74, 6) is -0.906. The van der Waals surface area contributed by atoms with Crippen LogP contribution in [0.4, 0.5) is 24.5 Å². The topological polar surface area (TPSA) is 103 Å². The van der Waals surface area contributed by atoms with E-state index in [1.54, 1.807) is 24.4 Å². The number of anilines is 2. The van der Waals surface area contributed by atoms with Crippen LogP contribution in [0, 0.1) is 6.92 Å². The van der Waals surface area contributed by atoms with E-state index in [4.69, 9.17) is 4.74 Å². The zero-order chi connectivity index (χ0) is 24.0. The number of rotatable bonds is 4. The summed E-state index contributed by atoms with van der Waals surface area (Å²) in [4.78, 5) is 32.7. The highest BCUT2D eigenvalue weighted by molar-refractivity contribution is 6.05. The van der Waals surface area contributed by atoms with Crippen LogP contribution in [0.5, 0.6) is 0 Å². The number of ether oxygens (including phenoxy) is 1. The van der Waals surface area contributed by atoms with E-state index in [2.05, 4.69) is 20.5 Å². The fraction of sp³-hybridized carbons (Fsp3) is 0.364. The number of nitrogens with zero attached hydrogens (tertiary/aromatic N) is 4. The lowest BCUT2D eigenvalue weighted by molar-refractivity contribution is -0.236. The second-order valence-corrected chi connectivity index (χ2v) is 8.30. The maximum atomic E-state index is 13.1. The van der Waals surface area contributed by atoms with Crippen LogP contribution in [0.3, 0.4) is 0 Å². The van der Waals surface area contributed by atoms with E-state index in [1.165, 1.54) is 4.90 Å². The van der Waals surface area contributed by atoms with Crippen molar-refractivity contribution >= 4 is 34.2 Å². The second-order valence-electron chi connectivity index (χ2n) is 8.30. The van der Waals surface area contributed by atoms with Gasteiger partial charge in [-0.25, -0.2) is 0 Å². The molecular weight excluding hydrogens is 453 g/mol. The number of hydrogen-bond donors (Lipinski definition) is 2. The van der Waals surface area contributed by atoms with Gasteiger partial charge >= 0.3 is 6.18 Å². The van der Waals surface area contributed by atoms with Crippen LogP contribution >= 0.6 is 0 Å². The highest BCUT2D eigenvalue weighted by atomic mass is 19.4. The van der Waals surface area contributed by atoms with E-state index < -0.39 is 24.7 Å². The minimum absolute atomic E-state index is 0.0513. The molecule has 0 saturated carbocycles. The lowest BCUT2D eigenvalue weighted by Gasteiger charge is -2.34. The normalized spacial score (nSPS) is 18.5. The summed E-state index contributed by atoms with van der Waals surface area (Å²) in [7, 11) is 0. The van der Waals surface area contributed by atoms with Crippen molar-refractivity contribution in [1.82, 2.24) is 25.0 Å². The van der Waals surface area contributed by atoms with E-state index in [9.17, 15) is 22.8 Å². The van der Waals surface area contributed by atoms with E-state index >= 15 is 0 Å². The zero-order valence-electron chi connectivity index (χ0n) is 18.1. The number of hydrogen-bond acceptors (Lipinski definition) is 6. The number of fused-ring (bicyclic) bond motifs is 2. The summed E-state index contributed by atoms with van der Waals surface area (Å²) in [5.41, 5.74) is 4.63. The number of aromatic nitrogens is 3. The molecular formula is C22H21F3N6O3. The van der Waals surface area contributed by atoms with Crippen LogP contribution in [0.15, 0.2) is 30.5 Å². The average Bonchev–Trinajstić information content (AvgIpc) is 3.33. The summed E-state index contributed by atoms with van der Waals surface area (Å²) < 4.78 is 43.7. The molecule has 3 aromatic rings. The summed E-state index contributed by atoms with van der Waals surface area (Å²) in [6.07, 6.45) is -4.93. The molecule has 0 bridgehead atoms. The number of amides is 2. The third kappa shape index (κ3) is 4.04. The van der Waals surface area contributed by atoms with Gasteiger partial charge in [0.1, 0.15) is 12.1 Å². The number of morpholine rings is 1. The van der Waals surface area contributed by atoms with Crippen molar-refractivity contribution in [3.8, 4) is 0 Å². The lowest BCUT2D eigenvalue weighted by atomic mass is 10.1. The standard InChI is InChI=1S/C22H21F3N6O3/c1-12-20-16(29-28-12)7-14(8-26-20)27-15-4-2-3-13-9-31(21(33)19(13)15)11-18(32)30-5-6-34-17(10-30)22(23,24)25/h2-4,7-8,17,27H,5-6,9-11H2,1H3,(H,28,29)/t17-/m0/s1.